The van der Waals surface area contributed by atoms with E-state index in [-0.39, 0.29) is 5.60 Å². The van der Waals surface area contributed by atoms with Crippen LogP contribution in [0.15, 0.2) is 18.2 Å². The van der Waals surface area contributed by atoms with Gasteiger partial charge >= 0.3 is 0 Å². The Kier molecular flexibility index (Phi) is 3.27. The van der Waals surface area contributed by atoms with Crippen LogP contribution in [0.5, 0.6) is 5.75 Å². The van der Waals surface area contributed by atoms with Gasteiger partial charge in [0.2, 0.25) is 0 Å². The first-order chi connectivity index (χ1) is 8.75. The monoisotopic (exact) mass is 247 g/mol. The molecule has 0 bridgehead atoms. The molecule has 1 saturated heterocycles. The topological polar surface area (TPSA) is 30.5 Å². The molecule has 1 unspecified atom stereocenters. The van der Waals surface area contributed by atoms with Gasteiger partial charge in [-0.15, -0.1) is 0 Å². The van der Waals surface area contributed by atoms with Gasteiger partial charge in [-0.25, -0.2) is 0 Å². The lowest BCUT2D eigenvalue weighted by Gasteiger charge is -2.34. The first-order valence-electron chi connectivity index (χ1n) is 6.84. The summed E-state index contributed by atoms with van der Waals surface area (Å²) in [6, 6.07) is 6.48. The lowest BCUT2D eigenvalue weighted by molar-refractivity contribution is -0.0564. The third-order valence-electron chi connectivity index (χ3n) is 3.83. The van der Waals surface area contributed by atoms with Gasteiger partial charge in [-0.3, -0.25) is 0 Å². The van der Waals surface area contributed by atoms with Gasteiger partial charge in [-0.1, -0.05) is 6.07 Å². The predicted molar refractivity (Wildman–Crippen MR) is 70.9 cm³/mol. The summed E-state index contributed by atoms with van der Waals surface area (Å²) >= 11 is 0. The summed E-state index contributed by atoms with van der Waals surface area (Å²) in [6.07, 6.45) is 3.26. The van der Waals surface area contributed by atoms with Gasteiger partial charge in [-0.2, -0.15) is 0 Å². The Morgan fingerprint density at radius 2 is 2.28 bits per heavy atom. The molecule has 1 fully saturated rings. The molecule has 0 amide bonds. The number of ether oxygens (including phenoxy) is 2. The average molecular weight is 247 g/mol. The van der Waals surface area contributed by atoms with Gasteiger partial charge in [-0.05, 0) is 56.0 Å². The number of nitrogens with one attached hydrogen (secondary N) is 1. The first-order valence-corrected chi connectivity index (χ1v) is 6.84. The fourth-order valence-corrected chi connectivity index (χ4v) is 2.79. The molecule has 1 atom stereocenters. The zero-order valence-electron chi connectivity index (χ0n) is 11.0. The summed E-state index contributed by atoms with van der Waals surface area (Å²) in [4.78, 5) is 0. The molecule has 0 aromatic heterocycles. The largest absolute Gasteiger partial charge is 0.485 e. The van der Waals surface area contributed by atoms with Crippen molar-refractivity contribution >= 4 is 0 Å². The second-order valence-electron chi connectivity index (χ2n) is 5.57. The second-order valence-corrected chi connectivity index (χ2v) is 5.57. The summed E-state index contributed by atoms with van der Waals surface area (Å²) in [5, 5.41) is 3.39. The van der Waals surface area contributed by atoms with Crippen LogP contribution in [0.25, 0.3) is 0 Å². The summed E-state index contributed by atoms with van der Waals surface area (Å²) in [5.74, 6) is 0.989. The lowest BCUT2D eigenvalue weighted by Crippen LogP contribution is -2.41. The zero-order valence-corrected chi connectivity index (χ0v) is 11.0. The van der Waals surface area contributed by atoms with Crippen molar-refractivity contribution in [3.8, 4) is 5.75 Å². The standard InChI is InChI=1S/C15H21NO2/c1-15(6-2-8-17-11-15)18-14-4-3-13-10-16-7-5-12(13)9-14/h3-4,9,16H,2,5-8,10-11H2,1H3. The molecule has 0 spiro atoms. The Morgan fingerprint density at radius 1 is 1.33 bits per heavy atom. The van der Waals surface area contributed by atoms with Crippen molar-refractivity contribution < 1.29 is 9.47 Å². The molecule has 98 valence electrons. The van der Waals surface area contributed by atoms with E-state index < -0.39 is 0 Å². The van der Waals surface area contributed by atoms with E-state index in [1.54, 1.807) is 0 Å². The number of hydrogen-bond donors (Lipinski definition) is 1. The third kappa shape index (κ3) is 2.52. The minimum Gasteiger partial charge on any atom is -0.485 e. The quantitative estimate of drug-likeness (QED) is 0.869. The SMILES string of the molecule is CC1(Oc2ccc3c(c2)CCNC3)CCCOC1. The first kappa shape index (κ1) is 12.0. The normalized spacial score (nSPS) is 27.6. The summed E-state index contributed by atoms with van der Waals surface area (Å²) in [7, 11) is 0. The van der Waals surface area contributed by atoms with E-state index in [4.69, 9.17) is 9.47 Å². The van der Waals surface area contributed by atoms with Gasteiger partial charge in [0.1, 0.15) is 11.4 Å². The Labute approximate surface area is 108 Å². The van der Waals surface area contributed by atoms with E-state index in [2.05, 4.69) is 30.4 Å². The van der Waals surface area contributed by atoms with Gasteiger partial charge in [0, 0.05) is 13.2 Å². The van der Waals surface area contributed by atoms with Crippen LogP contribution in [0.1, 0.15) is 30.9 Å². The van der Waals surface area contributed by atoms with Gasteiger partial charge in [0.15, 0.2) is 0 Å². The minimum atomic E-state index is -0.153. The molecule has 2 aliphatic heterocycles. The second kappa shape index (κ2) is 4.90. The molecule has 2 aliphatic rings. The number of hydrogen-bond acceptors (Lipinski definition) is 3. The van der Waals surface area contributed by atoms with Crippen molar-refractivity contribution in [1.29, 1.82) is 0 Å². The van der Waals surface area contributed by atoms with Crippen molar-refractivity contribution in [2.45, 2.75) is 38.3 Å². The smallest absolute Gasteiger partial charge is 0.129 e. The van der Waals surface area contributed by atoms with Crippen molar-refractivity contribution in [1.82, 2.24) is 5.32 Å². The van der Waals surface area contributed by atoms with E-state index in [9.17, 15) is 0 Å². The fourth-order valence-electron chi connectivity index (χ4n) is 2.79. The van der Waals surface area contributed by atoms with Crippen LogP contribution in [-0.4, -0.2) is 25.4 Å². The fraction of sp³-hybridized carbons (Fsp3) is 0.600. The molecule has 1 aromatic carbocycles. The maximum Gasteiger partial charge on any atom is 0.129 e. The number of benzene rings is 1. The van der Waals surface area contributed by atoms with Crippen molar-refractivity contribution in [2.24, 2.45) is 0 Å². The van der Waals surface area contributed by atoms with Crippen LogP contribution < -0.4 is 10.1 Å². The number of rotatable bonds is 2. The molecule has 0 saturated carbocycles. The van der Waals surface area contributed by atoms with Crippen LogP contribution in [0.2, 0.25) is 0 Å². The van der Waals surface area contributed by atoms with Crippen LogP contribution in [-0.2, 0) is 17.7 Å². The highest BCUT2D eigenvalue weighted by molar-refractivity contribution is 5.37. The van der Waals surface area contributed by atoms with Crippen LogP contribution >= 0.6 is 0 Å². The zero-order chi connectivity index (χ0) is 12.4. The van der Waals surface area contributed by atoms with Crippen LogP contribution in [0.4, 0.5) is 0 Å². The molecular formula is C15H21NO2. The summed E-state index contributed by atoms with van der Waals surface area (Å²) in [5.41, 5.74) is 2.67. The Balaban J connectivity index is 1.76. The molecule has 18 heavy (non-hydrogen) atoms. The Hall–Kier alpha value is -1.06. The molecule has 3 heteroatoms. The highest BCUT2D eigenvalue weighted by Crippen LogP contribution is 2.28. The molecule has 1 N–H and O–H groups in total. The van der Waals surface area contributed by atoms with Crippen LogP contribution in [0.3, 0.4) is 0 Å². The number of fused-ring (bicyclic) bond motifs is 1. The molecule has 1 aromatic rings. The molecule has 2 heterocycles. The lowest BCUT2D eigenvalue weighted by atomic mass is 9.98. The average Bonchev–Trinajstić information content (AvgIpc) is 2.39. The van der Waals surface area contributed by atoms with E-state index in [0.717, 1.165) is 44.7 Å². The molecular weight excluding hydrogens is 226 g/mol. The van der Waals surface area contributed by atoms with Crippen molar-refractivity contribution in [3.05, 3.63) is 29.3 Å². The maximum atomic E-state index is 6.16. The maximum absolute atomic E-state index is 6.16. The summed E-state index contributed by atoms with van der Waals surface area (Å²) in [6.45, 7) is 5.76. The highest BCUT2D eigenvalue weighted by Gasteiger charge is 2.29. The van der Waals surface area contributed by atoms with Crippen LogP contribution in [0, 0.1) is 0 Å². The minimum absolute atomic E-state index is 0.153. The van der Waals surface area contributed by atoms with Gasteiger partial charge in [0.25, 0.3) is 0 Å². The van der Waals surface area contributed by atoms with Crippen molar-refractivity contribution in [2.75, 3.05) is 19.8 Å². The Bertz CT molecular complexity index is 425. The van der Waals surface area contributed by atoms with E-state index >= 15 is 0 Å². The molecule has 3 rings (SSSR count). The third-order valence-corrected chi connectivity index (χ3v) is 3.83. The van der Waals surface area contributed by atoms with E-state index in [0.29, 0.717) is 6.61 Å². The molecule has 3 nitrogen and oxygen atoms in total. The molecule has 0 aliphatic carbocycles. The van der Waals surface area contributed by atoms with E-state index in [1.165, 1.54) is 11.1 Å². The van der Waals surface area contributed by atoms with Gasteiger partial charge in [0.05, 0.1) is 6.61 Å². The molecule has 0 radical (unpaired) electrons. The van der Waals surface area contributed by atoms with Crippen molar-refractivity contribution in [3.63, 3.8) is 0 Å². The van der Waals surface area contributed by atoms with Gasteiger partial charge < -0.3 is 14.8 Å². The predicted octanol–water partition coefficient (Wildman–Crippen LogP) is 2.28. The highest BCUT2D eigenvalue weighted by atomic mass is 16.5. The Morgan fingerprint density at radius 3 is 3.11 bits per heavy atom. The van der Waals surface area contributed by atoms with E-state index in [1.807, 2.05) is 0 Å². The summed E-state index contributed by atoms with van der Waals surface area (Å²) < 4.78 is 11.7.